The van der Waals surface area contributed by atoms with Crippen molar-refractivity contribution in [3.8, 4) is 0 Å². The zero-order chi connectivity index (χ0) is 41.6. The summed E-state index contributed by atoms with van der Waals surface area (Å²) >= 11 is 0. The van der Waals surface area contributed by atoms with Gasteiger partial charge in [0.1, 0.15) is 0 Å². The summed E-state index contributed by atoms with van der Waals surface area (Å²) in [6, 6.07) is 0. The van der Waals surface area contributed by atoms with Crippen molar-refractivity contribution >= 4 is 17.9 Å². The number of rotatable bonds is 34. The molecule has 4 bridgehead atoms. The largest absolute Gasteiger partial charge is 0.465 e. The zero-order valence-corrected chi connectivity index (χ0v) is 38.2. The Morgan fingerprint density at radius 2 is 0.649 bits per heavy atom. The van der Waals surface area contributed by atoms with Crippen LogP contribution in [0, 0.1) is 39.4 Å². The van der Waals surface area contributed by atoms with Crippen LogP contribution in [0.25, 0.3) is 0 Å². The van der Waals surface area contributed by atoms with Gasteiger partial charge in [0.2, 0.25) is 0 Å². The summed E-state index contributed by atoms with van der Waals surface area (Å²) in [4.78, 5) is 39.7. The Morgan fingerprint density at radius 1 is 0.404 bits per heavy atom. The predicted octanol–water partition coefficient (Wildman–Crippen LogP) is 13.3. The van der Waals surface area contributed by atoms with Crippen LogP contribution >= 0.6 is 0 Å². The Kier molecular flexibility index (Phi) is 22.6. The lowest BCUT2D eigenvalue weighted by Gasteiger charge is -2.69. The highest BCUT2D eigenvalue weighted by Crippen LogP contribution is 2.74. The molecule has 0 aromatic rings. The molecule has 7 nitrogen and oxygen atoms in total. The van der Waals surface area contributed by atoms with Gasteiger partial charge in [-0.05, 0) is 81.0 Å². The topological polar surface area (TPSA) is 99.1 Å². The van der Waals surface area contributed by atoms with Gasteiger partial charge in [0.15, 0.2) is 0 Å². The Labute approximate surface area is 350 Å². The van der Waals surface area contributed by atoms with E-state index in [-0.39, 0.29) is 46.2 Å². The minimum atomic E-state index is -0.366. The van der Waals surface area contributed by atoms with Crippen molar-refractivity contribution in [1.29, 1.82) is 0 Å². The van der Waals surface area contributed by atoms with Gasteiger partial charge in [-0.15, -0.1) is 0 Å². The highest BCUT2D eigenvalue weighted by Gasteiger charge is 2.69. The van der Waals surface area contributed by atoms with Crippen molar-refractivity contribution < 1.29 is 33.7 Å². The number of ether oxygens (including phenoxy) is 3. The van der Waals surface area contributed by atoms with Crippen LogP contribution in [-0.2, 0) is 28.6 Å². The van der Waals surface area contributed by atoms with Gasteiger partial charge in [-0.25, -0.2) is 0 Å². The number of aliphatic hydroxyl groups is 1. The average Bonchev–Trinajstić information content (AvgIpc) is 3.17. The van der Waals surface area contributed by atoms with E-state index in [4.69, 9.17) is 14.2 Å². The first-order valence-corrected chi connectivity index (χ1v) is 24.5. The van der Waals surface area contributed by atoms with Crippen molar-refractivity contribution in [3.05, 3.63) is 0 Å². The van der Waals surface area contributed by atoms with Gasteiger partial charge >= 0.3 is 17.9 Å². The van der Waals surface area contributed by atoms with E-state index in [2.05, 4.69) is 41.5 Å². The van der Waals surface area contributed by atoms with E-state index in [1.807, 2.05) is 0 Å². The highest BCUT2D eigenvalue weighted by molar-refractivity contribution is 5.70. The van der Waals surface area contributed by atoms with Gasteiger partial charge in [-0.2, -0.15) is 0 Å². The van der Waals surface area contributed by atoms with E-state index in [0.717, 1.165) is 94.8 Å². The van der Waals surface area contributed by atoms with E-state index in [0.29, 0.717) is 39.1 Å². The molecular weight excluding hydrogens is 713 g/mol. The molecule has 4 aliphatic rings. The summed E-state index contributed by atoms with van der Waals surface area (Å²) in [5, 5.41) is 11.1. The minimum Gasteiger partial charge on any atom is -0.465 e. The zero-order valence-electron chi connectivity index (χ0n) is 38.2. The van der Waals surface area contributed by atoms with Gasteiger partial charge in [0.25, 0.3) is 0 Å². The van der Waals surface area contributed by atoms with Crippen LogP contribution in [-0.4, -0.2) is 49.4 Å². The molecule has 4 aliphatic carbocycles. The molecule has 57 heavy (non-hydrogen) atoms. The smallest absolute Gasteiger partial charge is 0.305 e. The maximum Gasteiger partial charge on any atom is 0.305 e. The second kappa shape index (κ2) is 25.9. The molecule has 0 unspecified atom stereocenters. The number of esters is 3. The summed E-state index contributed by atoms with van der Waals surface area (Å²) in [6.07, 6.45) is 30.2. The van der Waals surface area contributed by atoms with Crippen LogP contribution in [0.3, 0.4) is 0 Å². The number of carbonyl (C=O) groups is 3. The molecule has 0 aliphatic heterocycles. The van der Waals surface area contributed by atoms with Crippen molar-refractivity contribution in [2.45, 2.75) is 234 Å². The van der Waals surface area contributed by atoms with Crippen LogP contribution in [0.4, 0.5) is 0 Å². The third-order valence-electron chi connectivity index (χ3n) is 14.4. The summed E-state index contributed by atoms with van der Waals surface area (Å²) in [7, 11) is 0. The van der Waals surface area contributed by atoms with Crippen molar-refractivity contribution in [3.63, 3.8) is 0 Å². The molecule has 4 fully saturated rings. The summed E-state index contributed by atoms with van der Waals surface area (Å²) in [5.41, 5.74) is -1.37. The Bertz CT molecular complexity index is 988. The molecule has 1 N–H and O–H groups in total. The third kappa shape index (κ3) is 16.7. The van der Waals surface area contributed by atoms with Gasteiger partial charge in [-0.3, -0.25) is 14.4 Å². The first-order chi connectivity index (χ1) is 27.5. The fraction of sp³-hybridized carbons (Fsp3) is 0.940. The van der Waals surface area contributed by atoms with Gasteiger partial charge in [0, 0.05) is 42.1 Å². The van der Waals surface area contributed by atoms with Gasteiger partial charge in [-0.1, -0.05) is 157 Å². The van der Waals surface area contributed by atoms with Gasteiger partial charge < -0.3 is 19.3 Å². The van der Waals surface area contributed by atoms with Crippen LogP contribution in [0.2, 0.25) is 0 Å². The Morgan fingerprint density at radius 3 is 0.877 bits per heavy atom. The van der Waals surface area contributed by atoms with E-state index in [1.165, 1.54) is 96.3 Å². The molecule has 0 heterocycles. The quantitative estimate of drug-likeness (QED) is 0.0393. The molecular formula is C50H90O7. The van der Waals surface area contributed by atoms with Crippen LogP contribution in [0.15, 0.2) is 0 Å². The summed E-state index contributed by atoms with van der Waals surface area (Å²) < 4.78 is 18.5. The van der Waals surface area contributed by atoms with E-state index < -0.39 is 0 Å². The Hall–Kier alpha value is -1.63. The van der Waals surface area contributed by atoms with Crippen LogP contribution in [0.5, 0.6) is 0 Å². The molecule has 0 aromatic carbocycles. The lowest BCUT2D eigenvalue weighted by molar-refractivity contribution is -0.247. The number of hydrogen-bond donors (Lipinski definition) is 1. The fourth-order valence-electron chi connectivity index (χ4n) is 12.9. The lowest BCUT2D eigenvalue weighted by Crippen LogP contribution is -2.65. The SMILES string of the molecule is CCCC(CCC)CCCCC(=O)OCC12CC3(CO)CC(COC(=O)CCCCC(CCC)CCC)(C1)CC(COC(=O)CCCCC(CCC)CCC)(C3)C2. The molecule has 0 radical (unpaired) electrons. The normalized spacial score (nSPS) is 25.2. The summed E-state index contributed by atoms with van der Waals surface area (Å²) in [6.45, 7) is 14.5. The second-order valence-corrected chi connectivity index (χ2v) is 20.3. The highest BCUT2D eigenvalue weighted by atomic mass is 16.5. The second-order valence-electron chi connectivity index (χ2n) is 20.3. The molecule has 7 heteroatoms. The Balaban J connectivity index is 1.66. The maximum absolute atomic E-state index is 13.2. The number of aliphatic hydroxyl groups excluding tert-OH is 1. The minimum absolute atomic E-state index is 0.0398. The van der Waals surface area contributed by atoms with Crippen LogP contribution in [0.1, 0.15) is 234 Å². The molecule has 4 saturated carbocycles. The monoisotopic (exact) mass is 803 g/mol. The molecule has 0 amide bonds. The number of hydrogen-bond acceptors (Lipinski definition) is 7. The number of unbranched alkanes of at least 4 members (excludes halogenated alkanes) is 3. The van der Waals surface area contributed by atoms with E-state index >= 15 is 0 Å². The molecule has 0 spiro atoms. The van der Waals surface area contributed by atoms with Crippen molar-refractivity contribution in [2.24, 2.45) is 39.4 Å². The first kappa shape index (κ1) is 49.7. The molecule has 4 rings (SSSR count). The average molecular weight is 803 g/mol. The molecule has 332 valence electrons. The van der Waals surface area contributed by atoms with Crippen molar-refractivity contribution in [1.82, 2.24) is 0 Å². The fourth-order valence-corrected chi connectivity index (χ4v) is 12.9. The molecule has 0 aromatic heterocycles. The number of carbonyl (C=O) groups excluding carboxylic acids is 3. The molecule has 0 atom stereocenters. The predicted molar refractivity (Wildman–Crippen MR) is 233 cm³/mol. The third-order valence-corrected chi connectivity index (χ3v) is 14.4. The van der Waals surface area contributed by atoms with Crippen LogP contribution < -0.4 is 0 Å². The van der Waals surface area contributed by atoms with Crippen molar-refractivity contribution in [2.75, 3.05) is 26.4 Å². The van der Waals surface area contributed by atoms with Gasteiger partial charge in [0.05, 0.1) is 19.8 Å². The summed E-state index contributed by atoms with van der Waals surface area (Å²) in [5.74, 6) is 1.86. The van der Waals surface area contributed by atoms with E-state index in [9.17, 15) is 19.5 Å². The molecule has 0 saturated heterocycles. The van der Waals surface area contributed by atoms with E-state index in [1.54, 1.807) is 0 Å². The first-order valence-electron chi connectivity index (χ1n) is 24.5. The maximum atomic E-state index is 13.2. The lowest BCUT2D eigenvalue weighted by atomic mass is 9.36. The standard InChI is InChI=1S/C50H90O7/c1-7-19-41(20-8-2)25-13-16-28-44(52)55-38-48-31-47(37-51)32-49(34-48,39-56-45(53)29-17-14-26-42(21-9-3)22-10-4)36-50(33-47,35-48)40-57-46(54)30-18-15-27-43(23-11-5)24-12-6/h41-43,51H,7-40H2,1-6H3.